The fourth-order valence-electron chi connectivity index (χ4n) is 3.05. The number of alkyl halides is 3. The van der Waals surface area contributed by atoms with E-state index in [4.69, 9.17) is 11.6 Å². The van der Waals surface area contributed by atoms with E-state index in [1.54, 1.807) is 48.5 Å². The molecule has 174 valence electrons. The third-order valence-electron chi connectivity index (χ3n) is 4.84. The third kappa shape index (κ3) is 6.14. The largest absolute Gasteiger partial charge is 0.415 e. The Hall–Kier alpha value is -3.84. The first-order chi connectivity index (χ1) is 16.1. The quantitative estimate of drug-likeness (QED) is 0.272. The van der Waals surface area contributed by atoms with Crippen LogP contribution >= 0.6 is 11.6 Å². The van der Waals surface area contributed by atoms with Crippen molar-refractivity contribution in [2.24, 2.45) is 0 Å². The van der Waals surface area contributed by atoms with Gasteiger partial charge in [0.05, 0.1) is 22.0 Å². The summed E-state index contributed by atoms with van der Waals surface area (Å²) in [5.41, 5.74) is 0.834. The predicted molar refractivity (Wildman–Crippen MR) is 129 cm³/mol. The van der Waals surface area contributed by atoms with Crippen LogP contribution in [0.5, 0.6) is 0 Å². The van der Waals surface area contributed by atoms with Gasteiger partial charge in [-0.1, -0.05) is 54.6 Å². The van der Waals surface area contributed by atoms with Crippen LogP contribution in [0.3, 0.4) is 0 Å². The molecule has 0 heterocycles. The molecule has 8 heteroatoms. The van der Waals surface area contributed by atoms with Crippen molar-refractivity contribution in [3.05, 3.63) is 113 Å². The average Bonchev–Trinajstić information content (AvgIpc) is 2.79. The molecule has 0 aliphatic heterocycles. The van der Waals surface area contributed by atoms with Crippen molar-refractivity contribution in [3.8, 4) is 0 Å². The second-order valence-corrected chi connectivity index (χ2v) is 7.73. The molecule has 0 unspecified atom stereocenters. The number of Topliss-reactive ketones (excluding diaryl/α,β-unsaturated/α-hetero) is 1. The molecule has 0 fully saturated rings. The van der Waals surface area contributed by atoms with Crippen molar-refractivity contribution >= 4 is 40.4 Å². The van der Waals surface area contributed by atoms with Gasteiger partial charge in [-0.2, -0.15) is 13.2 Å². The minimum Gasteiger partial charge on any atom is -0.354 e. The summed E-state index contributed by atoms with van der Waals surface area (Å²) in [6.07, 6.45) is -3.74. The second-order valence-electron chi connectivity index (χ2n) is 7.32. The Kier molecular flexibility index (Phi) is 7.58. The van der Waals surface area contributed by atoms with Gasteiger partial charge in [0.15, 0.2) is 5.78 Å². The van der Waals surface area contributed by atoms with Crippen LogP contribution in [0.2, 0.25) is 5.02 Å². The fraction of sp³-hybridized carbons (Fsp3) is 0.0769. The number of para-hydroxylation sites is 2. The zero-order valence-corrected chi connectivity index (χ0v) is 18.8. The van der Waals surface area contributed by atoms with Crippen molar-refractivity contribution in [2.75, 3.05) is 10.6 Å². The van der Waals surface area contributed by atoms with E-state index in [2.05, 4.69) is 17.2 Å². The molecule has 0 saturated heterocycles. The second kappa shape index (κ2) is 10.4. The van der Waals surface area contributed by atoms with Crippen LogP contribution in [0.15, 0.2) is 91.0 Å². The average molecular weight is 485 g/mol. The highest BCUT2D eigenvalue weighted by atomic mass is 35.5. The number of amides is 1. The summed E-state index contributed by atoms with van der Waals surface area (Å²) in [5, 5.41) is 5.92. The lowest BCUT2D eigenvalue weighted by molar-refractivity contribution is -0.0877. The Bertz CT molecular complexity index is 1270. The maximum absolute atomic E-state index is 13.1. The molecule has 0 atom stereocenters. The van der Waals surface area contributed by atoms with E-state index in [0.29, 0.717) is 27.5 Å². The van der Waals surface area contributed by atoms with Crippen LogP contribution in [0.4, 0.5) is 24.5 Å². The Labute approximate surface area is 199 Å². The Morgan fingerprint density at radius 3 is 2.00 bits per heavy atom. The SMILES string of the molecule is C=C(/C=C(\Nc1ccccc1Cl)c1ccc(C(=O)Nc2ccccc2C(C)=O)cc1)C(F)(F)F. The van der Waals surface area contributed by atoms with Crippen molar-refractivity contribution < 1.29 is 22.8 Å². The number of hydrogen-bond acceptors (Lipinski definition) is 3. The van der Waals surface area contributed by atoms with E-state index < -0.39 is 17.7 Å². The topological polar surface area (TPSA) is 58.2 Å². The molecular weight excluding hydrogens is 465 g/mol. The standard InChI is InChI=1S/C26H20ClF3N2O2/c1-16(26(28,29)30)15-24(31-23-10-6-4-8-21(23)27)18-11-13-19(14-12-18)25(34)32-22-9-5-3-7-20(22)17(2)33/h3-15,31H,1H2,2H3,(H,32,34)/b24-15-. The number of allylic oxidation sites excluding steroid dienone is 2. The number of benzene rings is 3. The van der Waals surface area contributed by atoms with Crippen molar-refractivity contribution in [1.29, 1.82) is 0 Å². The molecule has 3 rings (SSSR count). The van der Waals surface area contributed by atoms with Gasteiger partial charge >= 0.3 is 6.18 Å². The summed E-state index contributed by atoms with van der Waals surface area (Å²) in [6, 6.07) is 19.2. The van der Waals surface area contributed by atoms with Gasteiger partial charge in [0.1, 0.15) is 0 Å². The Morgan fingerprint density at radius 2 is 1.41 bits per heavy atom. The number of carbonyl (C=O) groups is 2. The lowest BCUT2D eigenvalue weighted by atomic mass is 10.1. The number of ketones is 1. The predicted octanol–water partition coefficient (Wildman–Crippen LogP) is 7.37. The van der Waals surface area contributed by atoms with Crippen LogP contribution < -0.4 is 10.6 Å². The molecule has 4 nitrogen and oxygen atoms in total. The van der Waals surface area contributed by atoms with Gasteiger partial charge in [0, 0.05) is 16.8 Å². The first-order valence-electron chi connectivity index (χ1n) is 10.1. The summed E-state index contributed by atoms with van der Waals surface area (Å²) >= 11 is 6.15. The molecule has 1 amide bonds. The van der Waals surface area contributed by atoms with Gasteiger partial charge in [-0.05, 0) is 55.0 Å². The molecule has 0 aromatic heterocycles. The highest BCUT2D eigenvalue weighted by molar-refractivity contribution is 6.33. The Morgan fingerprint density at radius 1 is 0.853 bits per heavy atom. The number of anilines is 2. The van der Waals surface area contributed by atoms with E-state index in [1.165, 1.54) is 31.2 Å². The van der Waals surface area contributed by atoms with E-state index in [-0.39, 0.29) is 17.0 Å². The lowest BCUT2D eigenvalue weighted by Gasteiger charge is -2.15. The van der Waals surface area contributed by atoms with Crippen LogP contribution in [-0.2, 0) is 0 Å². The molecule has 0 bridgehead atoms. The van der Waals surface area contributed by atoms with Crippen LogP contribution in [0.1, 0.15) is 33.2 Å². The maximum Gasteiger partial charge on any atom is 0.415 e. The number of halogens is 4. The van der Waals surface area contributed by atoms with Gasteiger partial charge in [0.25, 0.3) is 5.91 Å². The summed E-state index contributed by atoms with van der Waals surface area (Å²) < 4.78 is 39.4. The normalized spacial score (nSPS) is 11.6. The van der Waals surface area contributed by atoms with Crippen molar-refractivity contribution in [3.63, 3.8) is 0 Å². The van der Waals surface area contributed by atoms with Crippen LogP contribution in [-0.4, -0.2) is 17.9 Å². The number of rotatable bonds is 7. The van der Waals surface area contributed by atoms with Gasteiger partial charge in [0.2, 0.25) is 0 Å². The van der Waals surface area contributed by atoms with E-state index in [0.717, 1.165) is 6.08 Å². The van der Waals surface area contributed by atoms with Crippen LogP contribution in [0.25, 0.3) is 5.70 Å². The molecule has 3 aromatic carbocycles. The zero-order chi connectivity index (χ0) is 24.9. The first-order valence-corrected chi connectivity index (χ1v) is 10.4. The van der Waals surface area contributed by atoms with Gasteiger partial charge in [-0.15, -0.1) is 0 Å². The number of carbonyl (C=O) groups excluding carboxylic acids is 2. The minimum absolute atomic E-state index is 0.101. The fourth-order valence-corrected chi connectivity index (χ4v) is 3.23. The molecule has 0 aliphatic carbocycles. The molecule has 0 saturated carbocycles. The number of hydrogen-bond donors (Lipinski definition) is 2. The minimum atomic E-state index is -4.61. The van der Waals surface area contributed by atoms with Gasteiger partial charge < -0.3 is 10.6 Å². The third-order valence-corrected chi connectivity index (χ3v) is 5.17. The summed E-state index contributed by atoms with van der Waals surface area (Å²) in [4.78, 5) is 24.5. The van der Waals surface area contributed by atoms with E-state index in [1.807, 2.05) is 0 Å². The molecule has 3 aromatic rings. The van der Waals surface area contributed by atoms with Crippen molar-refractivity contribution in [2.45, 2.75) is 13.1 Å². The molecule has 0 radical (unpaired) electrons. The summed E-state index contributed by atoms with van der Waals surface area (Å²) in [5.74, 6) is -0.666. The maximum atomic E-state index is 13.1. The summed E-state index contributed by atoms with van der Waals surface area (Å²) in [6.45, 7) is 4.50. The monoisotopic (exact) mass is 484 g/mol. The van der Waals surface area contributed by atoms with Gasteiger partial charge in [-0.25, -0.2) is 0 Å². The Balaban J connectivity index is 1.89. The van der Waals surface area contributed by atoms with E-state index >= 15 is 0 Å². The zero-order valence-electron chi connectivity index (χ0n) is 18.0. The van der Waals surface area contributed by atoms with Crippen molar-refractivity contribution in [1.82, 2.24) is 0 Å². The van der Waals surface area contributed by atoms with Gasteiger partial charge in [-0.3, -0.25) is 9.59 Å². The first kappa shape index (κ1) is 24.8. The smallest absolute Gasteiger partial charge is 0.354 e. The molecular formula is C26H20ClF3N2O2. The highest BCUT2D eigenvalue weighted by Gasteiger charge is 2.30. The molecule has 0 aliphatic rings. The molecule has 0 spiro atoms. The lowest BCUT2D eigenvalue weighted by Crippen LogP contribution is -2.14. The van der Waals surface area contributed by atoms with Crippen LogP contribution in [0, 0.1) is 0 Å². The highest BCUT2D eigenvalue weighted by Crippen LogP contribution is 2.31. The van der Waals surface area contributed by atoms with E-state index in [9.17, 15) is 22.8 Å². The molecule has 34 heavy (non-hydrogen) atoms. The number of nitrogens with one attached hydrogen (secondary N) is 2. The summed E-state index contributed by atoms with van der Waals surface area (Å²) in [7, 11) is 0. The molecule has 2 N–H and O–H groups in total.